The first-order chi connectivity index (χ1) is 14.6. The Bertz CT molecular complexity index is 1280. The monoisotopic (exact) mass is 393 g/mol. The van der Waals surface area contributed by atoms with E-state index in [1.807, 2.05) is 48.0 Å². The van der Waals surface area contributed by atoms with Gasteiger partial charge < -0.3 is 9.88 Å². The summed E-state index contributed by atoms with van der Waals surface area (Å²) >= 11 is 0. The van der Waals surface area contributed by atoms with Crippen molar-refractivity contribution in [1.82, 2.24) is 14.9 Å². The van der Waals surface area contributed by atoms with Gasteiger partial charge in [0.25, 0.3) is 0 Å². The number of benzene rings is 2. The molecule has 0 aliphatic carbocycles. The summed E-state index contributed by atoms with van der Waals surface area (Å²) in [7, 11) is 7.67. The minimum absolute atomic E-state index is 0.138. The summed E-state index contributed by atoms with van der Waals surface area (Å²) in [5, 5.41) is 3.57. The second-order valence-electron chi connectivity index (χ2n) is 7.13. The number of fused-ring (bicyclic) bond motifs is 1. The summed E-state index contributed by atoms with van der Waals surface area (Å²) in [5.74, 6) is -0.295. The van der Waals surface area contributed by atoms with E-state index < -0.39 is 0 Å². The Hall–Kier alpha value is -3.51. The highest BCUT2D eigenvalue weighted by atomic mass is 16.1. The molecule has 146 valence electrons. The Morgan fingerprint density at radius 3 is 2.53 bits per heavy atom. The average molecular weight is 393 g/mol. The molecule has 30 heavy (non-hydrogen) atoms. The van der Waals surface area contributed by atoms with Crippen LogP contribution in [0.4, 0.5) is 0 Å². The Balaban J connectivity index is 1.80. The SMILES string of the molecule is [B]c1cccc(Cn2cc(C(=O)c3ccc(CNC)cc3)c(=O)c3ccccc32)n1. The number of rotatable bonds is 6. The zero-order valence-electron chi connectivity index (χ0n) is 16.6. The summed E-state index contributed by atoms with van der Waals surface area (Å²) in [6.07, 6.45) is 1.62. The van der Waals surface area contributed by atoms with Crippen LogP contribution in [0.15, 0.2) is 77.7 Å². The van der Waals surface area contributed by atoms with E-state index in [-0.39, 0.29) is 16.8 Å². The number of carbonyl (C=O) groups is 1. The van der Waals surface area contributed by atoms with Crippen LogP contribution in [-0.2, 0) is 13.1 Å². The van der Waals surface area contributed by atoms with Crippen LogP contribution in [0.1, 0.15) is 27.2 Å². The zero-order valence-corrected chi connectivity index (χ0v) is 16.6. The molecule has 4 aromatic rings. The Morgan fingerprint density at radius 1 is 1.03 bits per heavy atom. The molecule has 0 aliphatic rings. The number of ketones is 1. The van der Waals surface area contributed by atoms with Crippen LogP contribution in [0.5, 0.6) is 0 Å². The molecule has 0 bridgehead atoms. The molecule has 0 saturated heterocycles. The molecular formula is C24H20BN3O2. The van der Waals surface area contributed by atoms with Crippen LogP contribution in [0.3, 0.4) is 0 Å². The van der Waals surface area contributed by atoms with E-state index in [2.05, 4.69) is 10.3 Å². The van der Waals surface area contributed by atoms with Gasteiger partial charge in [-0.25, -0.2) is 0 Å². The number of hydrogen-bond donors (Lipinski definition) is 1. The molecule has 2 aromatic heterocycles. The van der Waals surface area contributed by atoms with Gasteiger partial charge in [-0.1, -0.05) is 48.5 Å². The van der Waals surface area contributed by atoms with E-state index in [1.54, 1.807) is 36.5 Å². The van der Waals surface area contributed by atoms with Gasteiger partial charge in [-0.3, -0.25) is 14.6 Å². The van der Waals surface area contributed by atoms with Gasteiger partial charge in [-0.2, -0.15) is 0 Å². The third kappa shape index (κ3) is 3.95. The topological polar surface area (TPSA) is 64.0 Å². The first kappa shape index (κ1) is 19.8. The molecule has 2 aromatic carbocycles. The van der Waals surface area contributed by atoms with E-state index in [9.17, 15) is 9.59 Å². The minimum atomic E-state index is -0.295. The number of para-hydroxylation sites is 1. The Kier molecular flexibility index (Phi) is 5.59. The molecule has 6 heteroatoms. The van der Waals surface area contributed by atoms with Crippen LogP contribution in [0.2, 0.25) is 0 Å². The molecule has 0 unspecified atom stereocenters. The van der Waals surface area contributed by atoms with E-state index >= 15 is 0 Å². The summed E-state index contributed by atoms with van der Waals surface area (Å²) in [6, 6.07) is 20.0. The maximum Gasteiger partial charge on any atom is 0.200 e. The van der Waals surface area contributed by atoms with Gasteiger partial charge in [0.1, 0.15) is 7.85 Å². The molecule has 2 heterocycles. The van der Waals surface area contributed by atoms with Crippen molar-refractivity contribution < 1.29 is 4.79 Å². The predicted octanol–water partition coefficient (Wildman–Crippen LogP) is 2.19. The fourth-order valence-electron chi connectivity index (χ4n) is 3.53. The standard InChI is InChI=1S/C24H20BN3O2/c1-26-13-16-9-11-17(12-10-16)23(29)20-15-28(14-18-5-4-8-22(25)27-18)21-7-3-2-6-19(21)24(20)30/h2-12,15,26H,13-14H2,1H3. The van der Waals surface area contributed by atoms with Crippen molar-refractivity contribution in [3.8, 4) is 0 Å². The van der Waals surface area contributed by atoms with Crippen molar-refractivity contribution in [2.75, 3.05) is 7.05 Å². The molecule has 4 rings (SSSR count). The smallest absolute Gasteiger partial charge is 0.200 e. The first-order valence-corrected chi connectivity index (χ1v) is 9.68. The van der Waals surface area contributed by atoms with Crippen LogP contribution in [-0.4, -0.2) is 30.2 Å². The van der Waals surface area contributed by atoms with Crippen LogP contribution >= 0.6 is 0 Å². The van der Waals surface area contributed by atoms with Crippen LogP contribution in [0, 0.1) is 0 Å². The average Bonchev–Trinajstić information content (AvgIpc) is 2.76. The highest BCUT2D eigenvalue weighted by Crippen LogP contribution is 2.16. The summed E-state index contributed by atoms with van der Waals surface area (Å²) < 4.78 is 1.88. The summed E-state index contributed by atoms with van der Waals surface area (Å²) in [5.41, 5.74) is 3.33. The molecule has 5 nitrogen and oxygen atoms in total. The molecule has 1 N–H and O–H groups in total. The van der Waals surface area contributed by atoms with Crippen LogP contribution in [0.25, 0.3) is 10.9 Å². The van der Waals surface area contributed by atoms with Crippen molar-refractivity contribution in [2.45, 2.75) is 13.1 Å². The Morgan fingerprint density at radius 2 is 1.80 bits per heavy atom. The lowest BCUT2D eigenvalue weighted by molar-refractivity contribution is 0.103. The second kappa shape index (κ2) is 8.47. The molecule has 0 fully saturated rings. The fraction of sp³-hybridized carbons (Fsp3) is 0.125. The first-order valence-electron chi connectivity index (χ1n) is 9.68. The quantitative estimate of drug-likeness (QED) is 0.403. The van der Waals surface area contributed by atoms with Gasteiger partial charge in [0.05, 0.1) is 23.3 Å². The number of hydrogen-bond acceptors (Lipinski definition) is 4. The molecule has 0 atom stereocenters. The summed E-state index contributed by atoms with van der Waals surface area (Å²) in [4.78, 5) is 30.6. The maximum atomic E-state index is 13.2. The fourth-order valence-corrected chi connectivity index (χ4v) is 3.53. The summed E-state index contributed by atoms with van der Waals surface area (Å²) in [6.45, 7) is 1.11. The van der Waals surface area contributed by atoms with E-state index in [4.69, 9.17) is 7.85 Å². The normalized spacial score (nSPS) is 11.0. The molecular weight excluding hydrogens is 373 g/mol. The van der Waals surface area contributed by atoms with Gasteiger partial charge in [0.15, 0.2) is 5.78 Å². The number of carbonyl (C=O) groups excluding carboxylic acids is 1. The predicted molar refractivity (Wildman–Crippen MR) is 120 cm³/mol. The number of nitrogens with zero attached hydrogens (tertiary/aromatic N) is 2. The lowest BCUT2D eigenvalue weighted by atomic mass is 10.0. The largest absolute Gasteiger partial charge is 0.340 e. The van der Waals surface area contributed by atoms with Crippen molar-refractivity contribution in [2.24, 2.45) is 0 Å². The highest BCUT2D eigenvalue weighted by molar-refractivity contribution is 6.30. The Labute approximate surface area is 175 Å². The van der Waals surface area contributed by atoms with Crippen molar-refractivity contribution >= 4 is 30.1 Å². The second-order valence-corrected chi connectivity index (χ2v) is 7.13. The van der Waals surface area contributed by atoms with E-state index in [0.717, 1.165) is 16.8 Å². The van der Waals surface area contributed by atoms with Crippen molar-refractivity contribution in [1.29, 1.82) is 0 Å². The van der Waals surface area contributed by atoms with Crippen molar-refractivity contribution in [3.05, 3.63) is 106 Å². The maximum absolute atomic E-state index is 13.2. The van der Waals surface area contributed by atoms with Gasteiger partial charge >= 0.3 is 0 Å². The van der Waals surface area contributed by atoms with Gasteiger partial charge in [-0.15, -0.1) is 0 Å². The third-order valence-electron chi connectivity index (χ3n) is 4.99. The number of nitrogens with one attached hydrogen (secondary N) is 1. The van der Waals surface area contributed by atoms with E-state index in [0.29, 0.717) is 29.6 Å². The molecule has 2 radical (unpaired) electrons. The van der Waals surface area contributed by atoms with Gasteiger partial charge in [-0.05, 0) is 36.4 Å². The molecule has 0 amide bonds. The van der Waals surface area contributed by atoms with Crippen molar-refractivity contribution in [3.63, 3.8) is 0 Å². The zero-order chi connectivity index (χ0) is 21.1. The number of pyridine rings is 2. The van der Waals surface area contributed by atoms with Gasteiger partial charge in [0, 0.05) is 23.7 Å². The van der Waals surface area contributed by atoms with Gasteiger partial charge in [0.2, 0.25) is 5.43 Å². The molecule has 0 saturated carbocycles. The third-order valence-corrected chi connectivity index (χ3v) is 4.99. The van der Waals surface area contributed by atoms with E-state index in [1.165, 1.54) is 0 Å². The number of aromatic nitrogens is 2. The molecule has 0 spiro atoms. The lowest BCUT2D eigenvalue weighted by Gasteiger charge is -2.13. The van der Waals surface area contributed by atoms with Crippen LogP contribution < -0.4 is 16.3 Å². The highest BCUT2D eigenvalue weighted by Gasteiger charge is 2.17. The minimum Gasteiger partial charge on any atom is -0.340 e. The lowest BCUT2D eigenvalue weighted by Crippen LogP contribution is -2.21. The molecule has 0 aliphatic heterocycles.